The molecule has 132 valence electrons. The molecule has 2 aromatic rings. The SMILES string of the molecule is COCCc1noc(CN2CCN(Cc3nccn3C)[C@H](C)C2)n1. The smallest absolute Gasteiger partial charge is 0.240 e. The van der Waals surface area contributed by atoms with E-state index in [0.717, 1.165) is 32.0 Å². The topological polar surface area (TPSA) is 72.5 Å². The molecule has 0 radical (unpaired) electrons. The van der Waals surface area contributed by atoms with Gasteiger partial charge in [-0.05, 0) is 6.92 Å². The maximum absolute atomic E-state index is 5.34. The Morgan fingerprint density at radius 2 is 2.21 bits per heavy atom. The van der Waals surface area contributed by atoms with Crippen LogP contribution in [-0.4, -0.2) is 68.9 Å². The van der Waals surface area contributed by atoms with E-state index in [-0.39, 0.29) is 0 Å². The Morgan fingerprint density at radius 1 is 1.33 bits per heavy atom. The Morgan fingerprint density at radius 3 is 2.92 bits per heavy atom. The molecule has 0 N–H and O–H groups in total. The van der Waals surface area contributed by atoms with E-state index in [1.807, 2.05) is 19.4 Å². The molecular weight excluding hydrogens is 308 g/mol. The highest BCUT2D eigenvalue weighted by Crippen LogP contribution is 2.15. The Balaban J connectivity index is 1.50. The standard InChI is InChI=1S/C16H26N6O2/c1-13-10-21(12-16-18-14(19-24-16)4-9-23-3)7-8-22(13)11-15-17-5-6-20(15)2/h5-6,13H,4,7-12H2,1-3H3/t13-/m1/s1. The summed E-state index contributed by atoms with van der Waals surface area (Å²) in [5.41, 5.74) is 0. The van der Waals surface area contributed by atoms with Gasteiger partial charge >= 0.3 is 0 Å². The molecule has 0 spiro atoms. The summed E-state index contributed by atoms with van der Waals surface area (Å²) in [5, 5.41) is 4.00. The molecule has 0 unspecified atom stereocenters. The summed E-state index contributed by atoms with van der Waals surface area (Å²) in [6.45, 7) is 7.46. The van der Waals surface area contributed by atoms with E-state index in [9.17, 15) is 0 Å². The summed E-state index contributed by atoms with van der Waals surface area (Å²) >= 11 is 0. The maximum Gasteiger partial charge on any atom is 0.240 e. The maximum atomic E-state index is 5.34. The summed E-state index contributed by atoms with van der Waals surface area (Å²) in [7, 11) is 3.72. The number of hydrogen-bond acceptors (Lipinski definition) is 7. The van der Waals surface area contributed by atoms with Gasteiger partial charge in [-0.3, -0.25) is 9.80 Å². The number of hydrogen-bond donors (Lipinski definition) is 0. The van der Waals surface area contributed by atoms with Gasteiger partial charge in [0.25, 0.3) is 0 Å². The van der Waals surface area contributed by atoms with Crippen LogP contribution in [0.15, 0.2) is 16.9 Å². The second-order valence-corrected chi connectivity index (χ2v) is 6.36. The fraction of sp³-hybridized carbons (Fsp3) is 0.688. The van der Waals surface area contributed by atoms with Gasteiger partial charge in [-0.15, -0.1) is 0 Å². The van der Waals surface area contributed by atoms with Crippen molar-refractivity contribution in [2.45, 2.75) is 32.5 Å². The predicted molar refractivity (Wildman–Crippen MR) is 88.2 cm³/mol. The zero-order valence-electron chi connectivity index (χ0n) is 14.7. The number of aromatic nitrogens is 4. The highest BCUT2D eigenvalue weighted by Gasteiger charge is 2.25. The summed E-state index contributed by atoms with van der Waals surface area (Å²) < 4.78 is 12.5. The quantitative estimate of drug-likeness (QED) is 0.738. The van der Waals surface area contributed by atoms with E-state index in [0.29, 0.717) is 37.3 Å². The third kappa shape index (κ3) is 4.19. The lowest BCUT2D eigenvalue weighted by Gasteiger charge is -2.39. The fourth-order valence-corrected chi connectivity index (χ4v) is 3.02. The average Bonchev–Trinajstić information content (AvgIpc) is 3.17. The lowest BCUT2D eigenvalue weighted by atomic mass is 10.2. The minimum absolute atomic E-state index is 0.464. The zero-order valence-corrected chi connectivity index (χ0v) is 14.7. The monoisotopic (exact) mass is 334 g/mol. The lowest BCUT2D eigenvalue weighted by molar-refractivity contribution is 0.0645. The van der Waals surface area contributed by atoms with Crippen molar-refractivity contribution in [1.82, 2.24) is 29.5 Å². The summed E-state index contributed by atoms with van der Waals surface area (Å²) in [6.07, 6.45) is 4.54. The molecule has 2 aromatic heterocycles. The molecular formula is C16H26N6O2. The fourth-order valence-electron chi connectivity index (χ4n) is 3.02. The van der Waals surface area contributed by atoms with Crippen LogP contribution in [-0.2, 0) is 31.3 Å². The molecule has 0 saturated carbocycles. The van der Waals surface area contributed by atoms with Crippen molar-refractivity contribution in [1.29, 1.82) is 0 Å². The largest absolute Gasteiger partial charge is 0.384 e. The van der Waals surface area contributed by atoms with Gasteiger partial charge in [0, 0.05) is 58.6 Å². The first-order chi connectivity index (χ1) is 11.7. The van der Waals surface area contributed by atoms with Gasteiger partial charge < -0.3 is 13.8 Å². The lowest BCUT2D eigenvalue weighted by Crippen LogP contribution is -2.51. The van der Waals surface area contributed by atoms with Crippen LogP contribution in [0.5, 0.6) is 0 Å². The van der Waals surface area contributed by atoms with Crippen molar-refractivity contribution in [3.8, 4) is 0 Å². The molecule has 1 fully saturated rings. The van der Waals surface area contributed by atoms with Crippen LogP contribution >= 0.6 is 0 Å². The molecule has 0 aromatic carbocycles. The summed E-state index contributed by atoms with van der Waals surface area (Å²) in [6, 6.07) is 0.464. The number of ether oxygens (including phenoxy) is 1. The van der Waals surface area contributed by atoms with Gasteiger partial charge in [-0.25, -0.2) is 4.98 Å². The first-order valence-electron chi connectivity index (χ1n) is 8.38. The van der Waals surface area contributed by atoms with Gasteiger partial charge in [-0.2, -0.15) is 4.98 Å². The highest BCUT2D eigenvalue weighted by molar-refractivity contribution is 4.94. The van der Waals surface area contributed by atoms with Gasteiger partial charge in [0.2, 0.25) is 5.89 Å². The second-order valence-electron chi connectivity index (χ2n) is 6.36. The third-order valence-electron chi connectivity index (χ3n) is 4.51. The average molecular weight is 334 g/mol. The van der Waals surface area contributed by atoms with Crippen molar-refractivity contribution in [3.63, 3.8) is 0 Å². The van der Waals surface area contributed by atoms with Crippen molar-refractivity contribution >= 4 is 0 Å². The van der Waals surface area contributed by atoms with Gasteiger partial charge in [0.05, 0.1) is 19.7 Å². The van der Waals surface area contributed by atoms with Gasteiger partial charge in [0.1, 0.15) is 5.82 Å². The third-order valence-corrected chi connectivity index (χ3v) is 4.51. The molecule has 3 rings (SSSR count). The first kappa shape index (κ1) is 17.1. The van der Waals surface area contributed by atoms with Crippen molar-refractivity contribution in [2.24, 2.45) is 7.05 Å². The number of imidazole rings is 1. The van der Waals surface area contributed by atoms with Crippen LogP contribution in [0.25, 0.3) is 0 Å². The molecule has 0 amide bonds. The molecule has 1 aliphatic heterocycles. The highest BCUT2D eigenvalue weighted by atomic mass is 16.5. The molecule has 0 aliphatic carbocycles. The van der Waals surface area contributed by atoms with Crippen LogP contribution < -0.4 is 0 Å². The van der Waals surface area contributed by atoms with Gasteiger partial charge in [0.15, 0.2) is 5.82 Å². The van der Waals surface area contributed by atoms with Crippen molar-refractivity contribution in [2.75, 3.05) is 33.4 Å². The Kier molecular flexibility index (Phi) is 5.60. The normalized spacial score (nSPS) is 19.9. The predicted octanol–water partition coefficient (Wildman–Crippen LogP) is 0.698. The van der Waals surface area contributed by atoms with E-state index in [2.05, 4.69) is 36.4 Å². The Bertz CT molecular complexity index is 640. The first-order valence-corrected chi connectivity index (χ1v) is 8.38. The Hall–Kier alpha value is -1.77. The number of piperazine rings is 1. The van der Waals surface area contributed by atoms with Crippen LogP contribution in [0.3, 0.4) is 0 Å². The molecule has 0 bridgehead atoms. The van der Waals surface area contributed by atoms with E-state index in [1.54, 1.807) is 7.11 Å². The van der Waals surface area contributed by atoms with Crippen molar-refractivity contribution in [3.05, 3.63) is 29.9 Å². The van der Waals surface area contributed by atoms with Crippen LogP contribution in [0.2, 0.25) is 0 Å². The summed E-state index contributed by atoms with van der Waals surface area (Å²) in [4.78, 5) is 13.7. The number of nitrogens with zero attached hydrogens (tertiary/aromatic N) is 6. The molecule has 1 aliphatic rings. The van der Waals surface area contributed by atoms with Gasteiger partial charge in [-0.1, -0.05) is 5.16 Å². The number of methoxy groups -OCH3 is 1. The van der Waals surface area contributed by atoms with Crippen LogP contribution in [0.4, 0.5) is 0 Å². The number of rotatable bonds is 7. The van der Waals surface area contributed by atoms with E-state index in [4.69, 9.17) is 9.26 Å². The minimum Gasteiger partial charge on any atom is -0.384 e. The second kappa shape index (κ2) is 7.87. The number of aryl methyl sites for hydroxylation is 1. The van der Waals surface area contributed by atoms with Crippen LogP contribution in [0.1, 0.15) is 24.5 Å². The van der Waals surface area contributed by atoms with E-state index >= 15 is 0 Å². The molecule has 1 saturated heterocycles. The van der Waals surface area contributed by atoms with E-state index < -0.39 is 0 Å². The molecule has 8 nitrogen and oxygen atoms in total. The van der Waals surface area contributed by atoms with Crippen LogP contribution in [0, 0.1) is 0 Å². The Labute approximate surface area is 142 Å². The summed E-state index contributed by atoms with van der Waals surface area (Å²) in [5.74, 6) is 2.51. The molecule has 1 atom stereocenters. The minimum atomic E-state index is 0.464. The molecule has 24 heavy (non-hydrogen) atoms. The zero-order chi connectivity index (χ0) is 16.9. The molecule has 8 heteroatoms. The van der Waals surface area contributed by atoms with E-state index in [1.165, 1.54) is 0 Å². The molecule has 3 heterocycles. The van der Waals surface area contributed by atoms with Crippen molar-refractivity contribution < 1.29 is 9.26 Å².